The van der Waals surface area contributed by atoms with Crippen molar-refractivity contribution in [1.82, 2.24) is 4.98 Å². The van der Waals surface area contributed by atoms with Gasteiger partial charge in [0.15, 0.2) is 11.6 Å². The molecule has 0 saturated heterocycles. The molecule has 0 fully saturated rings. The Morgan fingerprint density at radius 2 is 1.93 bits per heavy atom. The van der Waals surface area contributed by atoms with Crippen LogP contribution in [-0.2, 0) is 14.3 Å². The van der Waals surface area contributed by atoms with Gasteiger partial charge in [-0.1, -0.05) is 37.0 Å². The molecule has 0 aliphatic rings. The molecule has 162 valence electrons. The number of ether oxygens (including phenoxy) is 2. The minimum atomic E-state index is -1.49. The number of pyridine rings is 1. The van der Waals surface area contributed by atoms with E-state index in [9.17, 15) is 24.2 Å². The summed E-state index contributed by atoms with van der Waals surface area (Å²) >= 11 is 12.2. The lowest BCUT2D eigenvalue weighted by molar-refractivity contribution is -0.146. The zero-order valence-electron chi connectivity index (χ0n) is 16.2. The molecule has 3 N–H and O–H groups in total. The molecule has 0 unspecified atom stereocenters. The molecule has 0 bridgehead atoms. The van der Waals surface area contributed by atoms with Gasteiger partial charge in [0.25, 0.3) is 0 Å². The van der Waals surface area contributed by atoms with Gasteiger partial charge in [-0.15, -0.1) is 0 Å². The highest BCUT2D eigenvalue weighted by molar-refractivity contribution is 6.38. The number of aliphatic carboxylic acids is 1. The van der Waals surface area contributed by atoms with Crippen LogP contribution in [0, 0.1) is 5.95 Å². The van der Waals surface area contributed by atoms with Gasteiger partial charge in [0.1, 0.15) is 27.6 Å². The molecule has 8 nitrogen and oxygen atoms in total. The van der Waals surface area contributed by atoms with Crippen LogP contribution in [0.2, 0.25) is 10.0 Å². The molecule has 11 heteroatoms. The van der Waals surface area contributed by atoms with Gasteiger partial charge in [0.05, 0.1) is 13.5 Å². The highest BCUT2D eigenvalue weighted by atomic mass is 35.5. The predicted molar refractivity (Wildman–Crippen MR) is 108 cm³/mol. The third-order valence-corrected chi connectivity index (χ3v) is 4.72. The number of carboxylic acid groups (broad SMARTS) is 1. The summed E-state index contributed by atoms with van der Waals surface area (Å²) in [4.78, 5) is 26.4. The fourth-order valence-corrected chi connectivity index (χ4v) is 2.92. The van der Waals surface area contributed by atoms with Crippen LogP contribution in [0.5, 0.6) is 17.2 Å². The summed E-state index contributed by atoms with van der Waals surface area (Å²) in [6.45, 7) is 3.72. The van der Waals surface area contributed by atoms with E-state index in [1.165, 1.54) is 18.2 Å². The number of nitrogens with one attached hydrogen (secondary N) is 1. The second-order valence-corrected chi connectivity index (χ2v) is 7.26. The molecule has 1 aromatic heterocycles. The standard InChI is InChI=1S/C19H19Cl2FN2O6/c1-8(2)10-6-9(4-5-12(10)25)30-16-14(20)17(22)24-18(15(16)21)23-11(19(27)28)7-13(26)29-3/h4-6,8,11,25H,7H2,1-3H3,(H,23,24)(H,27,28)/t11-/m0/s1. The Bertz CT molecular complexity index is 971. The van der Waals surface area contributed by atoms with Crippen LogP contribution in [0.25, 0.3) is 0 Å². The summed E-state index contributed by atoms with van der Waals surface area (Å²) in [6.07, 6.45) is -0.556. The smallest absolute Gasteiger partial charge is 0.326 e. The number of carbonyl (C=O) groups is 2. The lowest BCUT2D eigenvalue weighted by Crippen LogP contribution is -2.32. The second kappa shape index (κ2) is 9.82. The van der Waals surface area contributed by atoms with E-state index in [0.29, 0.717) is 5.56 Å². The van der Waals surface area contributed by atoms with E-state index in [-0.39, 0.29) is 34.0 Å². The Labute approximate surface area is 181 Å². The number of aromatic hydroxyl groups is 1. The Balaban J connectivity index is 2.43. The van der Waals surface area contributed by atoms with E-state index >= 15 is 0 Å². The second-order valence-electron chi connectivity index (χ2n) is 6.50. The van der Waals surface area contributed by atoms with Gasteiger partial charge in [-0.05, 0) is 24.1 Å². The Morgan fingerprint density at radius 3 is 2.50 bits per heavy atom. The van der Waals surface area contributed by atoms with Gasteiger partial charge in [0.2, 0.25) is 5.95 Å². The van der Waals surface area contributed by atoms with Crippen molar-refractivity contribution in [3.63, 3.8) is 0 Å². The summed E-state index contributed by atoms with van der Waals surface area (Å²) < 4.78 is 24.3. The third-order valence-electron chi connectivity index (χ3n) is 4.05. The van der Waals surface area contributed by atoms with Crippen LogP contribution in [0.4, 0.5) is 10.2 Å². The first-order valence-electron chi connectivity index (χ1n) is 8.66. The molecule has 0 radical (unpaired) electrons. The van der Waals surface area contributed by atoms with Crippen LogP contribution < -0.4 is 10.1 Å². The summed E-state index contributed by atoms with van der Waals surface area (Å²) in [5.74, 6) is -3.82. The van der Waals surface area contributed by atoms with Crippen molar-refractivity contribution in [2.75, 3.05) is 12.4 Å². The molecular weight excluding hydrogens is 442 g/mol. The maximum absolute atomic E-state index is 14.3. The number of phenols is 1. The number of carbonyl (C=O) groups excluding carboxylic acids is 1. The largest absolute Gasteiger partial charge is 0.508 e. The molecule has 30 heavy (non-hydrogen) atoms. The highest BCUT2D eigenvalue weighted by Crippen LogP contribution is 2.42. The van der Waals surface area contributed by atoms with Crippen molar-refractivity contribution in [2.24, 2.45) is 0 Å². The Morgan fingerprint density at radius 1 is 1.27 bits per heavy atom. The zero-order valence-corrected chi connectivity index (χ0v) is 17.7. The third kappa shape index (κ3) is 5.43. The summed E-state index contributed by atoms with van der Waals surface area (Å²) in [5, 5.41) is 20.8. The molecule has 0 amide bonds. The van der Waals surface area contributed by atoms with Crippen LogP contribution in [0.1, 0.15) is 31.7 Å². The number of aromatic nitrogens is 1. The number of phenolic OH excluding ortho intramolecular Hbond substituents is 1. The monoisotopic (exact) mass is 460 g/mol. The van der Waals surface area contributed by atoms with Crippen LogP contribution >= 0.6 is 23.2 Å². The SMILES string of the molecule is COC(=O)C[C@H](Nc1nc(F)c(Cl)c(Oc2ccc(O)c(C(C)C)c2)c1Cl)C(=O)O. The minimum absolute atomic E-state index is 0.0273. The van der Waals surface area contributed by atoms with E-state index in [4.69, 9.17) is 27.9 Å². The molecule has 0 aliphatic carbocycles. The highest BCUT2D eigenvalue weighted by Gasteiger charge is 2.26. The molecule has 1 heterocycles. The fraction of sp³-hybridized carbons (Fsp3) is 0.316. The number of halogens is 3. The Kier molecular flexibility index (Phi) is 7.69. The van der Waals surface area contributed by atoms with E-state index < -0.39 is 35.4 Å². The maximum Gasteiger partial charge on any atom is 0.326 e. The molecule has 2 aromatic rings. The van der Waals surface area contributed by atoms with Gasteiger partial charge in [0, 0.05) is 5.56 Å². The van der Waals surface area contributed by atoms with Crippen LogP contribution in [0.15, 0.2) is 18.2 Å². The first-order chi connectivity index (χ1) is 14.0. The summed E-state index contributed by atoms with van der Waals surface area (Å²) in [5.41, 5.74) is 0.580. The van der Waals surface area contributed by atoms with Crippen LogP contribution in [-0.4, -0.2) is 40.3 Å². The molecule has 1 atom stereocenters. The first-order valence-corrected chi connectivity index (χ1v) is 9.42. The van der Waals surface area contributed by atoms with Gasteiger partial charge < -0.3 is 25.0 Å². The number of carboxylic acids is 1. The van der Waals surface area contributed by atoms with E-state index in [2.05, 4.69) is 15.0 Å². The van der Waals surface area contributed by atoms with Crippen molar-refractivity contribution in [3.05, 3.63) is 39.8 Å². The molecule has 0 spiro atoms. The number of hydrogen-bond donors (Lipinski definition) is 3. The number of esters is 1. The lowest BCUT2D eigenvalue weighted by Gasteiger charge is -2.18. The molecule has 0 aliphatic heterocycles. The lowest BCUT2D eigenvalue weighted by atomic mass is 10.0. The molecule has 1 aromatic carbocycles. The normalized spacial score (nSPS) is 11.8. The van der Waals surface area contributed by atoms with Crippen LogP contribution in [0.3, 0.4) is 0 Å². The first kappa shape index (κ1) is 23.5. The number of rotatable bonds is 8. The molecule has 0 saturated carbocycles. The van der Waals surface area contributed by atoms with Crippen molar-refractivity contribution in [1.29, 1.82) is 0 Å². The number of nitrogens with zero attached hydrogens (tertiary/aromatic N) is 1. The van der Waals surface area contributed by atoms with E-state index in [1.54, 1.807) is 0 Å². The minimum Gasteiger partial charge on any atom is -0.508 e. The average Bonchev–Trinajstić information content (AvgIpc) is 2.69. The van der Waals surface area contributed by atoms with Crippen molar-refractivity contribution in [3.8, 4) is 17.2 Å². The van der Waals surface area contributed by atoms with E-state index in [0.717, 1.165) is 7.11 Å². The van der Waals surface area contributed by atoms with Gasteiger partial charge >= 0.3 is 11.9 Å². The van der Waals surface area contributed by atoms with Crippen molar-refractivity contribution in [2.45, 2.75) is 32.2 Å². The predicted octanol–water partition coefficient (Wildman–Crippen LogP) is 4.58. The molecular formula is C19H19Cl2FN2O6. The van der Waals surface area contributed by atoms with Gasteiger partial charge in [-0.3, -0.25) is 4.79 Å². The van der Waals surface area contributed by atoms with Crippen molar-refractivity contribution < 1.29 is 33.7 Å². The number of anilines is 1. The Hall–Kier alpha value is -2.78. The van der Waals surface area contributed by atoms with Crippen molar-refractivity contribution >= 4 is 41.0 Å². The quantitative estimate of drug-likeness (QED) is 0.386. The van der Waals surface area contributed by atoms with Gasteiger partial charge in [-0.25, -0.2) is 4.79 Å². The number of hydrogen-bond acceptors (Lipinski definition) is 7. The summed E-state index contributed by atoms with van der Waals surface area (Å²) in [7, 11) is 1.10. The average molecular weight is 461 g/mol. The topological polar surface area (TPSA) is 118 Å². The number of benzene rings is 1. The fourth-order valence-electron chi connectivity index (χ4n) is 2.47. The van der Waals surface area contributed by atoms with Gasteiger partial charge in [-0.2, -0.15) is 9.37 Å². The number of methoxy groups -OCH3 is 1. The summed E-state index contributed by atoms with van der Waals surface area (Å²) in [6, 6.07) is 2.88. The van der Waals surface area contributed by atoms with E-state index in [1.807, 2.05) is 13.8 Å². The molecule has 2 rings (SSSR count). The maximum atomic E-state index is 14.3. The zero-order chi connectivity index (χ0) is 22.6.